The fourth-order valence-electron chi connectivity index (χ4n) is 1.70. The molecule has 0 atom stereocenters. The number of hydrogen-bond donors (Lipinski definition) is 1. The van der Waals surface area contributed by atoms with Crippen LogP contribution in [-0.4, -0.2) is 4.92 Å². The van der Waals surface area contributed by atoms with Crippen LogP contribution in [0, 0.1) is 27.6 Å². The molecule has 0 aromatic heterocycles. The van der Waals surface area contributed by atoms with Crippen molar-refractivity contribution in [2.75, 3.05) is 5.32 Å². The van der Waals surface area contributed by atoms with E-state index in [4.69, 9.17) is 0 Å². The normalized spacial score (nSPS) is 10.5. The molecule has 110 valence electrons. The highest BCUT2D eigenvalue weighted by molar-refractivity contribution is 9.10. The van der Waals surface area contributed by atoms with Gasteiger partial charge in [0.05, 0.1) is 15.5 Å². The molecule has 0 unspecified atom stereocenters. The first-order valence-electron chi connectivity index (χ1n) is 5.69. The zero-order chi connectivity index (χ0) is 15.6. The van der Waals surface area contributed by atoms with Gasteiger partial charge in [-0.15, -0.1) is 0 Å². The monoisotopic (exact) mass is 360 g/mol. The lowest BCUT2D eigenvalue weighted by Crippen LogP contribution is -2.05. The van der Waals surface area contributed by atoms with Crippen LogP contribution < -0.4 is 5.32 Å². The number of hydrogen-bond acceptors (Lipinski definition) is 3. The van der Waals surface area contributed by atoms with Gasteiger partial charge in [-0.2, -0.15) is 0 Å². The quantitative estimate of drug-likeness (QED) is 0.649. The maximum absolute atomic E-state index is 13.5. The minimum absolute atomic E-state index is 0.00284. The van der Waals surface area contributed by atoms with Crippen LogP contribution in [0.1, 0.15) is 5.56 Å². The van der Waals surface area contributed by atoms with Crippen LogP contribution in [0.5, 0.6) is 0 Å². The van der Waals surface area contributed by atoms with Crippen LogP contribution in [0.4, 0.5) is 24.5 Å². The summed E-state index contributed by atoms with van der Waals surface area (Å²) in [6.07, 6.45) is 0. The van der Waals surface area contributed by atoms with Crippen molar-refractivity contribution >= 4 is 27.3 Å². The summed E-state index contributed by atoms with van der Waals surface area (Å²) in [5.74, 6) is -2.06. The van der Waals surface area contributed by atoms with Gasteiger partial charge in [0.1, 0.15) is 23.1 Å². The first-order valence-corrected chi connectivity index (χ1v) is 6.49. The van der Waals surface area contributed by atoms with Crippen LogP contribution in [0.15, 0.2) is 34.8 Å². The molecule has 0 spiro atoms. The number of halogens is 4. The van der Waals surface area contributed by atoms with Crippen LogP contribution >= 0.6 is 15.9 Å². The van der Waals surface area contributed by atoms with Gasteiger partial charge in [-0.05, 0) is 40.2 Å². The van der Waals surface area contributed by atoms with E-state index in [1.807, 2.05) is 0 Å². The second-order valence-corrected chi connectivity index (χ2v) is 4.98. The highest BCUT2D eigenvalue weighted by Crippen LogP contribution is 2.31. The van der Waals surface area contributed by atoms with Crippen LogP contribution in [-0.2, 0) is 6.54 Å². The number of nitrogens with zero attached hydrogens (tertiary/aromatic N) is 1. The lowest BCUT2D eigenvalue weighted by Gasteiger charge is -2.09. The first-order chi connectivity index (χ1) is 9.88. The Labute approximate surface area is 125 Å². The zero-order valence-corrected chi connectivity index (χ0v) is 12.0. The molecular weight excluding hydrogens is 353 g/mol. The number of anilines is 1. The Hall–Kier alpha value is -2.09. The standard InChI is InChI=1S/C13H8BrF3N2O2/c14-9-4-12(13(19(20)21)5-11(9)17)18-6-7-3-8(15)1-2-10(7)16/h1-5,18H,6H2. The summed E-state index contributed by atoms with van der Waals surface area (Å²) in [5, 5.41) is 13.5. The molecule has 0 aliphatic carbocycles. The van der Waals surface area contributed by atoms with Crippen LogP contribution in [0.2, 0.25) is 0 Å². The van der Waals surface area contributed by atoms with Gasteiger partial charge < -0.3 is 5.32 Å². The molecule has 0 saturated heterocycles. The maximum Gasteiger partial charge on any atom is 0.295 e. The SMILES string of the molecule is O=[N+]([O-])c1cc(F)c(Br)cc1NCc1cc(F)ccc1F. The molecule has 0 heterocycles. The Balaban J connectivity index is 2.29. The topological polar surface area (TPSA) is 55.2 Å². The predicted octanol–water partition coefficient (Wildman–Crippen LogP) is 4.39. The molecular formula is C13H8BrF3N2O2. The van der Waals surface area contributed by atoms with Gasteiger partial charge in [0.25, 0.3) is 5.69 Å². The molecule has 21 heavy (non-hydrogen) atoms. The molecule has 0 fully saturated rings. The summed E-state index contributed by atoms with van der Waals surface area (Å²) >= 11 is 2.91. The fraction of sp³-hybridized carbons (Fsp3) is 0.0769. The summed E-state index contributed by atoms with van der Waals surface area (Å²) in [6, 6.07) is 4.82. The van der Waals surface area contributed by atoms with E-state index in [1.165, 1.54) is 6.07 Å². The van der Waals surface area contributed by atoms with E-state index >= 15 is 0 Å². The number of nitro groups is 1. The van der Waals surface area contributed by atoms with E-state index < -0.39 is 28.1 Å². The van der Waals surface area contributed by atoms with Crippen LogP contribution in [0.3, 0.4) is 0 Å². The number of nitro benzene ring substituents is 1. The van der Waals surface area contributed by atoms with Crippen molar-refractivity contribution in [3.63, 3.8) is 0 Å². The molecule has 2 rings (SSSR count). The van der Waals surface area contributed by atoms with Crippen molar-refractivity contribution in [3.8, 4) is 0 Å². The van der Waals surface area contributed by atoms with Crippen molar-refractivity contribution in [2.24, 2.45) is 0 Å². The van der Waals surface area contributed by atoms with Crippen molar-refractivity contribution in [1.29, 1.82) is 0 Å². The summed E-state index contributed by atoms with van der Waals surface area (Å²) in [5.41, 5.74) is -0.491. The summed E-state index contributed by atoms with van der Waals surface area (Å²) in [7, 11) is 0. The van der Waals surface area contributed by atoms with Crippen molar-refractivity contribution < 1.29 is 18.1 Å². The predicted molar refractivity (Wildman–Crippen MR) is 74.4 cm³/mol. The third-order valence-electron chi connectivity index (χ3n) is 2.71. The Kier molecular flexibility index (Phi) is 4.46. The average Bonchev–Trinajstić information content (AvgIpc) is 2.42. The Morgan fingerprint density at radius 3 is 2.52 bits per heavy atom. The lowest BCUT2D eigenvalue weighted by molar-refractivity contribution is -0.384. The molecule has 1 N–H and O–H groups in total. The number of rotatable bonds is 4. The van der Waals surface area contributed by atoms with Gasteiger partial charge in [0.15, 0.2) is 0 Å². The van der Waals surface area contributed by atoms with Gasteiger partial charge in [0.2, 0.25) is 0 Å². The molecule has 0 saturated carbocycles. The Morgan fingerprint density at radius 1 is 1.14 bits per heavy atom. The average molecular weight is 361 g/mol. The minimum atomic E-state index is -0.788. The summed E-state index contributed by atoms with van der Waals surface area (Å²) in [4.78, 5) is 10.1. The van der Waals surface area contributed by atoms with Crippen molar-refractivity contribution in [3.05, 3.63) is 67.9 Å². The van der Waals surface area contributed by atoms with Crippen molar-refractivity contribution in [2.45, 2.75) is 6.54 Å². The van der Waals surface area contributed by atoms with E-state index in [0.29, 0.717) is 0 Å². The third-order valence-corrected chi connectivity index (χ3v) is 3.32. The molecule has 2 aromatic rings. The Morgan fingerprint density at radius 2 is 1.86 bits per heavy atom. The van der Waals surface area contributed by atoms with Gasteiger partial charge in [-0.1, -0.05) is 0 Å². The Bertz CT molecular complexity index is 710. The molecule has 0 amide bonds. The second-order valence-electron chi connectivity index (χ2n) is 4.13. The maximum atomic E-state index is 13.5. The van der Waals surface area contributed by atoms with Gasteiger partial charge >= 0.3 is 0 Å². The molecule has 0 aliphatic heterocycles. The highest BCUT2D eigenvalue weighted by atomic mass is 79.9. The van der Waals surface area contributed by atoms with E-state index in [9.17, 15) is 23.3 Å². The van der Waals surface area contributed by atoms with E-state index in [0.717, 1.165) is 24.3 Å². The molecule has 0 bridgehead atoms. The highest BCUT2D eigenvalue weighted by Gasteiger charge is 2.18. The van der Waals surface area contributed by atoms with Gasteiger partial charge in [0, 0.05) is 12.1 Å². The lowest BCUT2D eigenvalue weighted by atomic mass is 10.2. The third kappa shape index (κ3) is 3.52. The smallest absolute Gasteiger partial charge is 0.295 e. The minimum Gasteiger partial charge on any atom is -0.375 e. The summed E-state index contributed by atoms with van der Waals surface area (Å²) in [6.45, 7) is -0.178. The molecule has 8 heteroatoms. The van der Waals surface area contributed by atoms with E-state index in [-0.39, 0.29) is 22.3 Å². The zero-order valence-electron chi connectivity index (χ0n) is 10.4. The number of nitrogens with one attached hydrogen (secondary N) is 1. The molecule has 4 nitrogen and oxygen atoms in total. The van der Waals surface area contributed by atoms with Gasteiger partial charge in [-0.3, -0.25) is 10.1 Å². The first kappa shape index (κ1) is 15.3. The van der Waals surface area contributed by atoms with E-state index in [1.54, 1.807) is 0 Å². The second kappa shape index (κ2) is 6.13. The van der Waals surface area contributed by atoms with E-state index in [2.05, 4.69) is 21.2 Å². The molecule has 0 radical (unpaired) electrons. The van der Waals surface area contributed by atoms with Crippen molar-refractivity contribution in [1.82, 2.24) is 0 Å². The summed E-state index contributed by atoms with van der Waals surface area (Å²) < 4.78 is 39.8. The molecule has 0 aliphatic rings. The number of benzene rings is 2. The molecule has 2 aromatic carbocycles. The fourth-order valence-corrected chi connectivity index (χ4v) is 2.04. The van der Waals surface area contributed by atoms with Crippen LogP contribution in [0.25, 0.3) is 0 Å². The van der Waals surface area contributed by atoms with Gasteiger partial charge in [-0.25, -0.2) is 13.2 Å². The largest absolute Gasteiger partial charge is 0.375 e.